The molecule has 0 bridgehead atoms. The zero-order valence-electron chi connectivity index (χ0n) is 13.7. The predicted octanol–water partition coefficient (Wildman–Crippen LogP) is 3.62. The molecule has 0 radical (unpaired) electrons. The summed E-state index contributed by atoms with van der Waals surface area (Å²) in [5.41, 5.74) is 3.85. The van der Waals surface area contributed by atoms with Crippen molar-refractivity contribution in [3.05, 3.63) is 54.0 Å². The third kappa shape index (κ3) is 2.75. The molecule has 2 heterocycles. The first-order valence-corrected chi connectivity index (χ1v) is 7.68. The number of hydrogen-bond donors (Lipinski definition) is 1. The summed E-state index contributed by atoms with van der Waals surface area (Å²) in [5, 5.41) is 12.6. The maximum absolute atomic E-state index is 10.3. The molecule has 0 spiro atoms. The molecule has 3 rings (SSSR count). The minimum atomic E-state index is 0.515. The summed E-state index contributed by atoms with van der Waals surface area (Å²) in [5.74, 6) is 0.776. The van der Waals surface area contributed by atoms with E-state index in [4.69, 9.17) is 4.74 Å². The van der Waals surface area contributed by atoms with Crippen LogP contribution in [0.4, 0.5) is 5.69 Å². The number of aromatic nitrogens is 2. The van der Waals surface area contributed by atoms with Gasteiger partial charge < -0.3 is 9.30 Å². The van der Waals surface area contributed by atoms with Crippen LogP contribution in [0.15, 0.2) is 42.6 Å². The molecule has 0 aliphatic rings. The van der Waals surface area contributed by atoms with Crippen molar-refractivity contribution in [3.63, 3.8) is 0 Å². The van der Waals surface area contributed by atoms with Gasteiger partial charge in [-0.25, -0.2) is 0 Å². The van der Waals surface area contributed by atoms with Crippen molar-refractivity contribution in [2.45, 2.75) is 20.4 Å². The van der Waals surface area contributed by atoms with E-state index >= 15 is 0 Å². The predicted molar refractivity (Wildman–Crippen MR) is 91.4 cm³/mol. The lowest BCUT2D eigenvalue weighted by Crippen LogP contribution is -2.18. The molecule has 0 unspecified atom stereocenters. The number of nitrogens with zero attached hydrogens (tertiary/aromatic N) is 3. The number of hydrogen-bond acceptors (Lipinski definition) is 4. The molecule has 2 aromatic heterocycles. The molecular formula is C18H21N3O2. The fourth-order valence-electron chi connectivity index (χ4n) is 2.91. The Bertz CT molecular complexity index is 812. The molecule has 0 saturated heterocycles. The van der Waals surface area contributed by atoms with Gasteiger partial charge in [-0.15, -0.1) is 0 Å². The molecule has 23 heavy (non-hydrogen) atoms. The van der Waals surface area contributed by atoms with Crippen molar-refractivity contribution >= 4 is 16.6 Å². The minimum absolute atomic E-state index is 0.515. The van der Waals surface area contributed by atoms with Gasteiger partial charge in [-0.2, -0.15) is 0 Å². The van der Waals surface area contributed by atoms with Crippen LogP contribution in [-0.2, 0) is 6.54 Å². The Morgan fingerprint density at radius 3 is 2.74 bits per heavy atom. The first kappa shape index (κ1) is 15.4. The van der Waals surface area contributed by atoms with Crippen molar-refractivity contribution in [3.8, 4) is 5.75 Å². The first-order valence-electron chi connectivity index (χ1n) is 7.68. The Morgan fingerprint density at radius 2 is 2.09 bits per heavy atom. The third-order valence-corrected chi connectivity index (χ3v) is 4.10. The van der Waals surface area contributed by atoms with E-state index in [2.05, 4.69) is 9.55 Å². The maximum atomic E-state index is 10.3. The van der Waals surface area contributed by atoms with Crippen molar-refractivity contribution in [1.82, 2.24) is 9.55 Å². The Hall–Kier alpha value is -2.53. The summed E-state index contributed by atoms with van der Waals surface area (Å²) in [6.45, 7) is 5.11. The minimum Gasteiger partial charge on any atom is -0.497 e. The van der Waals surface area contributed by atoms with E-state index < -0.39 is 0 Å². The second-order valence-corrected chi connectivity index (χ2v) is 5.44. The van der Waals surface area contributed by atoms with Gasteiger partial charge in [0.25, 0.3) is 0 Å². The molecule has 3 aromatic rings. The number of rotatable bonds is 5. The summed E-state index contributed by atoms with van der Waals surface area (Å²) in [7, 11) is 1.65. The van der Waals surface area contributed by atoms with Gasteiger partial charge in [0.1, 0.15) is 5.75 Å². The topological polar surface area (TPSA) is 50.5 Å². The highest BCUT2D eigenvalue weighted by Gasteiger charge is 2.18. The van der Waals surface area contributed by atoms with Crippen molar-refractivity contribution in [1.29, 1.82) is 0 Å². The van der Waals surface area contributed by atoms with Crippen LogP contribution in [0.2, 0.25) is 0 Å². The monoisotopic (exact) mass is 311 g/mol. The van der Waals surface area contributed by atoms with Crippen LogP contribution in [0.3, 0.4) is 0 Å². The summed E-state index contributed by atoms with van der Waals surface area (Å²) in [6, 6.07) is 11.8. The van der Waals surface area contributed by atoms with Gasteiger partial charge in [-0.3, -0.25) is 15.3 Å². The maximum Gasteiger partial charge on any atom is 0.119 e. The summed E-state index contributed by atoms with van der Waals surface area (Å²) < 4.78 is 7.51. The molecule has 0 aliphatic carbocycles. The second-order valence-electron chi connectivity index (χ2n) is 5.44. The number of hydroxylamine groups is 1. The number of anilines is 1. The lowest BCUT2D eigenvalue weighted by molar-refractivity contribution is 0.260. The summed E-state index contributed by atoms with van der Waals surface area (Å²) in [6.07, 6.45) is 1.80. The Labute approximate surface area is 135 Å². The number of fused-ring (bicyclic) bond motifs is 1. The van der Waals surface area contributed by atoms with E-state index in [1.165, 1.54) is 5.06 Å². The van der Waals surface area contributed by atoms with Gasteiger partial charge >= 0.3 is 0 Å². The van der Waals surface area contributed by atoms with Crippen LogP contribution in [0.1, 0.15) is 18.3 Å². The zero-order chi connectivity index (χ0) is 16.4. The highest BCUT2D eigenvalue weighted by molar-refractivity contribution is 5.96. The molecule has 5 nitrogen and oxygen atoms in total. The molecule has 1 N–H and O–H groups in total. The zero-order valence-corrected chi connectivity index (χ0v) is 13.7. The molecule has 5 heteroatoms. The standard InChI is InChI=1S/C18H21N3O2/c1-4-21(22)18-13(2)20(12-14-7-5-6-10-19-14)17-9-8-15(23-3)11-16(17)18/h5-11,22H,4,12H2,1-3H3. The van der Waals surface area contributed by atoms with E-state index in [-0.39, 0.29) is 0 Å². The molecule has 0 atom stereocenters. The number of methoxy groups -OCH3 is 1. The van der Waals surface area contributed by atoms with Crippen LogP contribution in [0.25, 0.3) is 10.9 Å². The fourth-order valence-corrected chi connectivity index (χ4v) is 2.91. The molecule has 0 amide bonds. The lowest BCUT2D eigenvalue weighted by Gasteiger charge is -2.15. The normalized spacial score (nSPS) is 11.0. The molecule has 1 aromatic carbocycles. The summed E-state index contributed by atoms with van der Waals surface area (Å²) in [4.78, 5) is 4.41. The van der Waals surface area contributed by atoms with Crippen LogP contribution in [0.5, 0.6) is 5.75 Å². The molecule has 0 aliphatic heterocycles. The van der Waals surface area contributed by atoms with Crippen molar-refractivity contribution < 1.29 is 9.94 Å². The number of ether oxygens (including phenoxy) is 1. The lowest BCUT2D eigenvalue weighted by atomic mass is 10.2. The van der Waals surface area contributed by atoms with E-state index in [1.807, 2.05) is 50.2 Å². The van der Waals surface area contributed by atoms with Crippen LogP contribution < -0.4 is 9.80 Å². The van der Waals surface area contributed by atoms with E-state index in [0.29, 0.717) is 13.1 Å². The molecule has 0 fully saturated rings. The average molecular weight is 311 g/mol. The van der Waals surface area contributed by atoms with Crippen molar-refractivity contribution in [2.75, 3.05) is 18.7 Å². The highest BCUT2D eigenvalue weighted by Crippen LogP contribution is 2.35. The largest absolute Gasteiger partial charge is 0.497 e. The van der Waals surface area contributed by atoms with Crippen molar-refractivity contribution in [2.24, 2.45) is 0 Å². The Balaban J connectivity index is 2.19. The van der Waals surface area contributed by atoms with E-state index in [0.717, 1.165) is 33.7 Å². The Morgan fingerprint density at radius 1 is 1.26 bits per heavy atom. The van der Waals surface area contributed by atoms with Crippen LogP contribution >= 0.6 is 0 Å². The Kier molecular flexibility index (Phi) is 4.21. The van der Waals surface area contributed by atoms with E-state index in [1.54, 1.807) is 13.3 Å². The van der Waals surface area contributed by atoms with Gasteiger partial charge in [0.2, 0.25) is 0 Å². The van der Waals surface area contributed by atoms with Gasteiger partial charge in [-0.05, 0) is 44.2 Å². The van der Waals surface area contributed by atoms with E-state index in [9.17, 15) is 5.21 Å². The number of pyridine rings is 1. The molecule has 0 saturated carbocycles. The van der Waals surface area contributed by atoms with Crippen LogP contribution in [0, 0.1) is 6.92 Å². The van der Waals surface area contributed by atoms with Gasteiger partial charge in [0.15, 0.2) is 0 Å². The third-order valence-electron chi connectivity index (χ3n) is 4.10. The summed E-state index contributed by atoms with van der Waals surface area (Å²) >= 11 is 0. The van der Waals surface area contributed by atoms with Gasteiger partial charge in [0.05, 0.1) is 30.6 Å². The van der Waals surface area contributed by atoms with Gasteiger partial charge in [-0.1, -0.05) is 6.07 Å². The first-order chi connectivity index (χ1) is 11.2. The molecular weight excluding hydrogens is 290 g/mol. The van der Waals surface area contributed by atoms with Crippen LogP contribution in [-0.4, -0.2) is 28.4 Å². The second kappa shape index (κ2) is 6.30. The van der Waals surface area contributed by atoms with Gasteiger partial charge in [0, 0.05) is 23.8 Å². The smallest absolute Gasteiger partial charge is 0.119 e. The fraction of sp³-hybridized carbons (Fsp3) is 0.278. The quantitative estimate of drug-likeness (QED) is 0.731. The highest BCUT2D eigenvalue weighted by atomic mass is 16.5. The SMILES string of the molecule is CCN(O)c1c(C)n(Cc2ccccn2)c2ccc(OC)cc12. The average Bonchev–Trinajstić information content (AvgIpc) is 2.86. The molecule has 120 valence electrons. The number of benzene rings is 1.